The van der Waals surface area contributed by atoms with Gasteiger partial charge in [0.05, 0.1) is 0 Å². The van der Waals surface area contributed by atoms with Crippen LogP contribution in [-0.4, -0.2) is 41.6 Å². The minimum absolute atomic E-state index is 0.147. The van der Waals surface area contributed by atoms with Crippen LogP contribution in [0.2, 0.25) is 0 Å². The molecule has 2 rings (SSSR count). The van der Waals surface area contributed by atoms with E-state index < -0.39 is 0 Å². The summed E-state index contributed by atoms with van der Waals surface area (Å²) in [6.07, 6.45) is 1.03. The zero-order chi connectivity index (χ0) is 15.3. The lowest BCUT2D eigenvalue weighted by atomic mass is 10.0. The fraction of sp³-hybridized carbons (Fsp3) is 0.647. The maximum Gasteiger partial charge on any atom is 0.123 e. The Morgan fingerprint density at radius 1 is 1.43 bits per heavy atom. The van der Waals surface area contributed by atoms with E-state index in [1.807, 2.05) is 6.07 Å². The Labute approximate surface area is 132 Å². The van der Waals surface area contributed by atoms with E-state index in [2.05, 4.69) is 42.7 Å². The monoisotopic (exact) mass is 310 g/mol. The fourth-order valence-electron chi connectivity index (χ4n) is 2.97. The highest BCUT2D eigenvalue weighted by molar-refractivity contribution is 8.00. The number of halogens is 1. The lowest BCUT2D eigenvalue weighted by Gasteiger charge is -2.38. The van der Waals surface area contributed by atoms with Crippen molar-refractivity contribution in [2.24, 2.45) is 0 Å². The molecular formula is C17H27FN2S. The SMILES string of the molecule is CCNC(CCN1CCSC(C)(C)C1)c1cccc(F)c1. The van der Waals surface area contributed by atoms with Gasteiger partial charge in [-0.15, -0.1) is 0 Å². The van der Waals surface area contributed by atoms with Crippen LogP contribution in [-0.2, 0) is 0 Å². The summed E-state index contributed by atoms with van der Waals surface area (Å²) in [7, 11) is 0. The zero-order valence-corrected chi connectivity index (χ0v) is 14.2. The van der Waals surface area contributed by atoms with Gasteiger partial charge >= 0.3 is 0 Å². The molecular weight excluding hydrogens is 283 g/mol. The van der Waals surface area contributed by atoms with Crippen LogP contribution in [0.1, 0.15) is 38.8 Å². The topological polar surface area (TPSA) is 15.3 Å². The average Bonchev–Trinajstić information content (AvgIpc) is 2.42. The van der Waals surface area contributed by atoms with Crippen molar-refractivity contribution in [3.05, 3.63) is 35.6 Å². The summed E-state index contributed by atoms with van der Waals surface area (Å²) >= 11 is 2.06. The van der Waals surface area contributed by atoms with Crippen LogP contribution >= 0.6 is 11.8 Å². The Hall–Kier alpha value is -0.580. The molecule has 1 aliphatic heterocycles. The molecule has 0 bridgehead atoms. The second-order valence-electron chi connectivity index (χ2n) is 6.34. The van der Waals surface area contributed by atoms with Crippen molar-refractivity contribution in [2.75, 3.05) is 31.9 Å². The molecule has 1 saturated heterocycles. The van der Waals surface area contributed by atoms with E-state index in [1.165, 1.54) is 11.8 Å². The lowest BCUT2D eigenvalue weighted by molar-refractivity contribution is 0.245. The van der Waals surface area contributed by atoms with Gasteiger partial charge in [-0.05, 0) is 44.5 Å². The van der Waals surface area contributed by atoms with Crippen LogP contribution in [0.25, 0.3) is 0 Å². The normalized spacial score (nSPS) is 20.4. The van der Waals surface area contributed by atoms with E-state index in [0.717, 1.165) is 38.2 Å². The molecule has 1 N–H and O–H groups in total. The van der Waals surface area contributed by atoms with Gasteiger partial charge in [-0.2, -0.15) is 11.8 Å². The number of hydrogen-bond acceptors (Lipinski definition) is 3. The fourth-order valence-corrected chi connectivity index (χ4v) is 4.15. The molecule has 0 radical (unpaired) electrons. The largest absolute Gasteiger partial charge is 0.310 e. The highest BCUT2D eigenvalue weighted by Gasteiger charge is 2.27. The van der Waals surface area contributed by atoms with E-state index in [0.29, 0.717) is 4.75 Å². The van der Waals surface area contributed by atoms with Crippen LogP contribution < -0.4 is 5.32 Å². The molecule has 118 valence electrons. The third kappa shape index (κ3) is 5.28. The number of thioether (sulfide) groups is 1. The smallest absolute Gasteiger partial charge is 0.123 e. The first kappa shape index (κ1) is 16.8. The van der Waals surface area contributed by atoms with Gasteiger partial charge in [0.25, 0.3) is 0 Å². The standard InChI is InChI=1S/C17H27FN2S/c1-4-19-16(14-6-5-7-15(18)12-14)8-9-20-10-11-21-17(2,3)13-20/h5-7,12,16,19H,4,8-11,13H2,1-3H3. The van der Waals surface area contributed by atoms with Crippen molar-refractivity contribution in [2.45, 2.75) is 38.0 Å². The molecule has 0 amide bonds. The summed E-state index contributed by atoms with van der Waals surface area (Å²) in [6.45, 7) is 11.0. The Balaban J connectivity index is 1.94. The molecule has 0 saturated carbocycles. The lowest BCUT2D eigenvalue weighted by Crippen LogP contribution is -2.44. The van der Waals surface area contributed by atoms with Gasteiger partial charge in [0, 0.05) is 36.2 Å². The van der Waals surface area contributed by atoms with E-state index in [-0.39, 0.29) is 11.9 Å². The minimum atomic E-state index is -0.147. The number of hydrogen-bond donors (Lipinski definition) is 1. The van der Waals surface area contributed by atoms with Crippen molar-refractivity contribution >= 4 is 11.8 Å². The molecule has 1 atom stereocenters. The first-order valence-electron chi connectivity index (χ1n) is 7.85. The summed E-state index contributed by atoms with van der Waals surface area (Å²) in [6, 6.07) is 7.23. The molecule has 0 aromatic heterocycles. The third-order valence-corrected chi connectivity index (χ3v) is 5.24. The first-order valence-corrected chi connectivity index (χ1v) is 8.84. The van der Waals surface area contributed by atoms with E-state index in [1.54, 1.807) is 12.1 Å². The van der Waals surface area contributed by atoms with Gasteiger partial charge in [-0.25, -0.2) is 4.39 Å². The van der Waals surface area contributed by atoms with Gasteiger partial charge in [0.1, 0.15) is 5.82 Å². The van der Waals surface area contributed by atoms with Gasteiger partial charge < -0.3 is 10.2 Å². The molecule has 1 heterocycles. The summed E-state index contributed by atoms with van der Waals surface area (Å²) in [5, 5.41) is 3.49. The van der Waals surface area contributed by atoms with Gasteiger partial charge in [-0.3, -0.25) is 0 Å². The van der Waals surface area contributed by atoms with Crippen LogP contribution in [0, 0.1) is 5.82 Å². The van der Waals surface area contributed by atoms with E-state index in [4.69, 9.17) is 0 Å². The Morgan fingerprint density at radius 2 is 2.24 bits per heavy atom. The van der Waals surface area contributed by atoms with E-state index in [9.17, 15) is 4.39 Å². The van der Waals surface area contributed by atoms with Crippen molar-refractivity contribution in [1.82, 2.24) is 10.2 Å². The number of nitrogens with zero attached hydrogens (tertiary/aromatic N) is 1. The summed E-state index contributed by atoms with van der Waals surface area (Å²) in [4.78, 5) is 2.54. The molecule has 4 heteroatoms. The van der Waals surface area contributed by atoms with Crippen molar-refractivity contribution in [1.29, 1.82) is 0 Å². The zero-order valence-electron chi connectivity index (χ0n) is 13.4. The molecule has 0 spiro atoms. The minimum Gasteiger partial charge on any atom is -0.310 e. The van der Waals surface area contributed by atoms with Gasteiger partial charge in [0.2, 0.25) is 0 Å². The number of nitrogens with one attached hydrogen (secondary N) is 1. The summed E-state index contributed by atoms with van der Waals surface area (Å²) < 4.78 is 13.8. The van der Waals surface area contributed by atoms with Crippen LogP contribution in [0.5, 0.6) is 0 Å². The Kier molecular flexibility index (Phi) is 6.08. The van der Waals surface area contributed by atoms with Crippen LogP contribution in [0.3, 0.4) is 0 Å². The number of rotatable bonds is 6. The van der Waals surface area contributed by atoms with Crippen molar-refractivity contribution in [3.8, 4) is 0 Å². The second-order valence-corrected chi connectivity index (χ2v) is 8.14. The Bertz CT molecular complexity index is 450. The predicted molar refractivity (Wildman–Crippen MR) is 90.4 cm³/mol. The maximum atomic E-state index is 13.4. The van der Waals surface area contributed by atoms with E-state index >= 15 is 0 Å². The molecule has 0 aliphatic carbocycles. The van der Waals surface area contributed by atoms with Crippen molar-refractivity contribution < 1.29 is 4.39 Å². The molecule has 21 heavy (non-hydrogen) atoms. The molecule has 1 aromatic carbocycles. The third-order valence-electron chi connectivity index (χ3n) is 3.94. The molecule has 2 nitrogen and oxygen atoms in total. The first-order chi connectivity index (χ1) is 10.00. The quantitative estimate of drug-likeness (QED) is 0.862. The van der Waals surface area contributed by atoms with Crippen LogP contribution in [0.15, 0.2) is 24.3 Å². The maximum absolute atomic E-state index is 13.4. The molecule has 1 aliphatic rings. The molecule has 1 fully saturated rings. The summed E-state index contributed by atoms with van der Waals surface area (Å²) in [5.74, 6) is 1.06. The van der Waals surface area contributed by atoms with Gasteiger partial charge in [0.15, 0.2) is 0 Å². The second kappa shape index (κ2) is 7.61. The molecule has 1 unspecified atom stereocenters. The Morgan fingerprint density at radius 3 is 2.90 bits per heavy atom. The van der Waals surface area contributed by atoms with Crippen LogP contribution in [0.4, 0.5) is 4.39 Å². The van der Waals surface area contributed by atoms with Crippen molar-refractivity contribution in [3.63, 3.8) is 0 Å². The van der Waals surface area contributed by atoms with Gasteiger partial charge in [-0.1, -0.05) is 19.1 Å². The average molecular weight is 310 g/mol. The highest BCUT2D eigenvalue weighted by Crippen LogP contribution is 2.30. The molecule has 1 aromatic rings. The number of benzene rings is 1. The summed E-state index contributed by atoms with van der Waals surface area (Å²) in [5.41, 5.74) is 1.06. The predicted octanol–water partition coefficient (Wildman–Crippen LogP) is 3.69. The highest BCUT2D eigenvalue weighted by atomic mass is 32.2.